The highest BCUT2D eigenvalue weighted by Gasteiger charge is 2.41. The SMILES string of the molecule is CCc1cccc2c3c([nH]c12)C(CC)(CC(=O)NC[Si](C)(C)c1ccc(F)cc1)OCC3. The van der Waals surface area contributed by atoms with Crippen molar-refractivity contribution in [1.82, 2.24) is 10.3 Å². The van der Waals surface area contributed by atoms with Gasteiger partial charge >= 0.3 is 0 Å². The van der Waals surface area contributed by atoms with Gasteiger partial charge in [-0.2, -0.15) is 0 Å². The number of carbonyl (C=O) groups is 1. The maximum atomic E-state index is 13.3. The zero-order chi connectivity index (χ0) is 22.9. The molecule has 170 valence electrons. The molecule has 1 unspecified atom stereocenters. The third kappa shape index (κ3) is 4.14. The minimum Gasteiger partial charge on any atom is -0.368 e. The van der Waals surface area contributed by atoms with Gasteiger partial charge < -0.3 is 15.0 Å². The molecular weight excluding hydrogens is 419 g/mol. The van der Waals surface area contributed by atoms with Crippen LogP contribution in [-0.2, 0) is 28.0 Å². The number of aromatic nitrogens is 1. The van der Waals surface area contributed by atoms with Crippen molar-refractivity contribution < 1.29 is 13.9 Å². The number of para-hydroxylation sites is 1. The predicted molar refractivity (Wildman–Crippen MR) is 130 cm³/mol. The van der Waals surface area contributed by atoms with Gasteiger partial charge in [0, 0.05) is 17.1 Å². The first kappa shape index (κ1) is 22.7. The average molecular weight is 453 g/mol. The van der Waals surface area contributed by atoms with Gasteiger partial charge in [-0.3, -0.25) is 4.79 Å². The van der Waals surface area contributed by atoms with Gasteiger partial charge in [0.05, 0.1) is 18.7 Å². The number of carbonyl (C=O) groups excluding carboxylic acids is 1. The van der Waals surface area contributed by atoms with Gasteiger partial charge in [0.15, 0.2) is 0 Å². The first-order valence-electron chi connectivity index (χ1n) is 11.6. The van der Waals surface area contributed by atoms with Gasteiger partial charge in [-0.15, -0.1) is 0 Å². The number of benzene rings is 2. The molecule has 2 aromatic carbocycles. The lowest BCUT2D eigenvalue weighted by molar-refractivity contribution is -0.132. The summed E-state index contributed by atoms with van der Waals surface area (Å²) in [5, 5.41) is 5.55. The van der Waals surface area contributed by atoms with Gasteiger partial charge in [-0.25, -0.2) is 4.39 Å². The normalized spacial score (nSPS) is 18.5. The second-order valence-corrected chi connectivity index (χ2v) is 14.2. The Bertz CT molecular complexity index is 1120. The van der Waals surface area contributed by atoms with Crippen molar-refractivity contribution >= 4 is 30.1 Å². The molecule has 0 radical (unpaired) electrons. The minimum atomic E-state index is -1.92. The molecule has 0 saturated carbocycles. The van der Waals surface area contributed by atoms with Gasteiger partial charge in [0.25, 0.3) is 0 Å². The molecule has 0 aliphatic carbocycles. The monoisotopic (exact) mass is 452 g/mol. The van der Waals surface area contributed by atoms with E-state index in [1.54, 1.807) is 0 Å². The summed E-state index contributed by atoms with van der Waals surface area (Å²) in [5.41, 5.74) is 4.18. The van der Waals surface area contributed by atoms with Gasteiger partial charge in [-0.05, 0) is 42.5 Å². The summed E-state index contributed by atoms with van der Waals surface area (Å²) in [6.07, 6.45) is 3.44. The Morgan fingerprint density at radius 2 is 1.94 bits per heavy atom. The summed E-state index contributed by atoms with van der Waals surface area (Å²) in [5.74, 6) is -0.237. The third-order valence-electron chi connectivity index (χ3n) is 6.97. The summed E-state index contributed by atoms with van der Waals surface area (Å²) in [7, 11) is -1.92. The first-order chi connectivity index (χ1) is 15.3. The summed E-state index contributed by atoms with van der Waals surface area (Å²) in [6.45, 7) is 9.25. The number of fused-ring (bicyclic) bond motifs is 3. The zero-order valence-electron chi connectivity index (χ0n) is 19.5. The van der Waals surface area contributed by atoms with Crippen LogP contribution in [0.4, 0.5) is 4.39 Å². The Hall–Kier alpha value is -2.44. The van der Waals surface area contributed by atoms with E-state index in [1.807, 2.05) is 12.1 Å². The van der Waals surface area contributed by atoms with Crippen LogP contribution in [0.25, 0.3) is 10.9 Å². The summed E-state index contributed by atoms with van der Waals surface area (Å²) in [4.78, 5) is 16.8. The second-order valence-electron chi connectivity index (χ2n) is 9.46. The molecule has 4 nitrogen and oxygen atoms in total. The average Bonchev–Trinajstić information content (AvgIpc) is 3.18. The van der Waals surface area contributed by atoms with Crippen LogP contribution in [0.15, 0.2) is 42.5 Å². The van der Waals surface area contributed by atoms with Crippen molar-refractivity contribution in [1.29, 1.82) is 0 Å². The lowest BCUT2D eigenvalue weighted by Crippen LogP contribution is -2.52. The number of amides is 1. The van der Waals surface area contributed by atoms with Gasteiger partial charge in [0.1, 0.15) is 19.5 Å². The van der Waals surface area contributed by atoms with E-state index in [4.69, 9.17) is 4.74 Å². The quantitative estimate of drug-likeness (QED) is 0.510. The predicted octanol–water partition coefficient (Wildman–Crippen LogP) is 4.71. The topological polar surface area (TPSA) is 54.1 Å². The Kier molecular flexibility index (Phi) is 6.27. The van der Waals surface area contributed by atoms with Crippen LogP contribution in [0, 0.1) is 5.82 Å². The Balaban J connectivity index is 1.56. The molecule has 1 aliphatic heterocycles. The van der Waals surface area contributed by atoms with Gasteiger partial charge in [-0.1, -0.05) is 62.5 Å². The molecule has 0 fully saturated rings. The molecule has 1 aromatic heterocycles. The molecule has 2 heterocycles. The highest BCUT2D eigenvalue weighted by atomic mass is 28.3. The Morgan fingerprint density at radius 3 is 2.62 bits per heavy atom. The zero-order valence-corrected chi connectivity index (χ0v) is 20.5. The lowest BCUT2D eigenvalue weighted by atomic mass is 9.86. The Labute approximate surface area is 190 Å². The van der Waals surface area contributed by atoms with Gasteiger partial charge in [0.2, 0.25) is 5.91 Å². The number of hydrogen-bond donors (Lipinski definition) is 2. The van der Waals surface area contributed by atoms with E-state index >= 15 is 0 Å². The maximum Gasteiger partial charge on any atom is 0.223 e. The number of rotatable bonds is 7. The molecule has 2 N–H and O–H groups in total. The molecule has 4 rings (SSSR count). The van der Waals surface area contributed by atoms with Crippen LogP contribution in [0.5, 0.6) is 0 Å². The van der Waals surface area contributed by atoms with Crippen molar-refractivity contribution in [2.45, 2.75) is 58.2 Å². The third-order valence-corrected chi connectivity index (χ3v) is 9.92. The number of aromatic amines is 1. The molecule has 6 heteroatoms. The van der Waals surface area contributed by atoms with Crippen LogP contribution < -0.4 is 10.5 Å². The first-order valence-corrected chi connectivity index (χ1v) is 14.8. The van der Waals surface area contributed by atoms with E-state index in [9.17, 15) is 9.18 Å². The van der Waals surface area contributed by atoms with E-state index in [-0.39, 0.29) is 11.7 Å². The fraction of sp³-hybridized carbons (Fsp3) is 0.423. The molecule has 0 bridgehead atoms. The van der Waals surface area contributed by atoms with Crippen molar-refractivity contribution in [3.63, 3.8) is 0 Å². The smallest absolute Gasteiger partial charge is 0.223 e. The van der Waals surface area contributed by atoms with Crippen molar-refractivity contribution in [2.75, 3.05) is 12.8 Å². The largest absolute Gasteiger partial charge is 0.368 e. The minimum absolute atomic E-state index is 0.00300. The fourth-order valence-electron chi connectivity index (χ4n) is 4.89. The number of nitrogens with one attached hydrogen (secondary N) is 2. The Morgan fingerprint density at radius 1 is 1.19 bits per heavy atom. The molecule has 1 atom stereocenters. The number of aryl methyl sites for hydroxylation is 1. The van der Waals surface area contributed by atoms with E-state index in [2.05, 4.69) is 55.4 Å². The van der Waals surface area contributed by atoms with Crippen LogP contribution in [0.1, 0.15) is 43.5 Å². The van der Waals surface area contributed by atoms with Crippen LogP contribution in [-0.4, -0.2) is 31.7 Å². The molecular formula is C26H33FN2O2Si. The summed E-state index contributed by atoms with van der Waals surface area (Å²) < 4.78 is 19.6. The number of halogens is 1. The van der Waals surface area contributed by atoms with E-state index in [1.165, 1.54) is 34.2 Å². The highest BCUT2D eigenvalue weighted by molar-refractivity contribution is 6.90. The van der Waals surface area contributed by atoms with Crippen LogP contribution in [0.3, 0.4) is 0 Å². The number of ether oxygens (including phenoxy) is 1. The molecule has 1 aliphatic rings. The van der Waals surface area contributed by atoms with Crippen molar-refractivity contribution in [2.24, 2.45) is 0 Å². The molecule has 1 amide bonds. The van der Waals surface area contributed by atoms with E-state index < -0.39 is 13.7 Å². The van der Waals surface area contributed by atoms with Crippen LogP contribution >= 0.6 is 0 Å². The van der Waals surface area contributed by atoms with E-state index in [0.29, 0.717) is 19.2 Å². The molecule has 32 heavy (non-hydrogen) atoms. The molecule has 0 saturated heterocycles. The maximum absolute atomic E-state index is 13.3. The fourth-order valence-corrected chi connectivity index (χ4v) is 6.80. The second kappa shape index (κ2) is 8.83. The van der Waals surface area contributed by atoms with Crippen molar-refractivity contribution in [3.05, 3.63) is 65.1 Å². The van der Waals surface area contributed by atoms with E-state index in [0.717, 1.165) is 30.1 Å². The standard InChI is InChI=1S/C26H33FN2O2Si/c1-5-18-8-7-9-21-22-14-15-31-26(6-2,25(22)29-24(18)21)16-23(30)28-17-32(3,4)20-12-10-19(27)11-13-20/h7-13,29H,5-6,14-17H2,1-4H3,(H,28,30). The number of hydrogen-bond acceptors (Lipinski definition) is 2. The molecule has 3 aromatic rings. The summed E-state index contributed by atoms with van der Waals surface area (Å²) >= 11 is 0. The highest BCUT2D eigenvalue weighted by Crippen LogP contribution is 2.42. The summed E-state index contributed by atoms with van der Waals surface area (Å²) in [6, 6.07) is 13.1. The molecule has 0 spiro atoms. The number of H-pyrrole nitrogens is 1. The lowest BCUT2D eigenvalue weighted by Gasteiger charge is -2.36. The van der Waals surface area contributed by atoms with Crippen LogP contribution in [0.2, 0.25) is 13.1 Å². The van der Waals surface area contributed by atoms with Crippen molar-refractivity contribution in [3.8, 4) is 0 Å².